The molecule has 1 aliphatic rings. The third-order valence-electron chi connectivity index (χ3n) is 2.22. The van der Waals surface area contributed by atoms with Crippen molar-refractivity contribution in [2.75, 3.05) is 0 Å². The van der Waals surface area contributed by atoms with Crippen LogP contribution in [0, 0.1) is 0 Å². The Morgan fingerprint density at radius 2 is 2.15 bits per heavy atom. The molecule has 1 aliphatic carbocycles. The number of nitrogens with zero attached hydrogens (tertiary/aromatic N) is 1. The number of fused-ring (bicyclic) bond motifs is 1. The van der Waals surface area contributed by atoms with Gasteiger partial charge in [0.15, 0.2) is 0 Å². The van der Waals surface area contributed by atoms with E-state index in [1.54, 1.807) is 0 Å². The lowest BCUT2D eigenvalue weighted by molar-refractivity contribution is 0.566. The van der Waals surface area contributed by atoms with Crippen LogP contribution in [-0.2, 0) is 12.8 Å². The van der Waals surface area contributed by atoms with Gasteiger partial charge in [0, 0.05) is 17.9 Å². The van der Waals surface area contributed by atoms with Crippen molar-refractivity contribution in [2.45, 2.75) is 25.3 Å². The highest BCUT2D eigenvalue weighted by Crippen LogP contribution is 2.17. The minimum absolute atomic E-state index is 0. The fraction of sp³-hybridized carbons (Fsp3) is 0.444. The number of nitrogens with two attached hydrogens (primary N) is 1. The van der Waals surface area contributed by atoms with Gasteiger partial charge in [-0.1, -0.05) is 6.07 Å². The molecule has 1 aromatic heterocycles. The second-order valence-electron chi connectivity index (χ2n) is 3.11. The van der Waals surface area contributed by atoms with Gasteiger partial charge in [0.05, 0.1) is 0 Å². The van der Waals surface area contributed by atoms with E-state index in [-0.39, 0.29) is 24.8 Å². The molecule has 0 aliphatic heterocycles. The molecule has 1 atom stereocenters. The summed E-state index contributed by atoms with van der Waals surface area (Å²) in [7, 11) is 0. The lowest BCUT2D eigenvalue weighted by Crippen LogP contribution is -2.28. The largest absolute Gasteiger partial charge is 0.327 e. The smallest absolute Gasteiger partial charge is 0.0436 e. The fourth-order valence-corrected chi connectivity index (χ4v) is 1.59. The molecule has 74 valence electrons. The highest BCUT2D eigenvalue weighted by Gasteiger charge is 2.14. The number of rotatable bonds is 0. The van der Waals surface area contributed by atoms with E-state index >= 15 is 0 Å². The van der Waals surface area contributed by atoms with Crippen molar-refractivity contribution in [2.24, 2.45) is 5.73 Å². The van der Waals surface area contributed by atoms with Gasteiger partial charge in [-0.2, -0.15) is 0 Å². The van der Waals surface area contributed by atoms with Crippen LogP contribution in [-0.4, -0.2) is 11.0 Å². The molecule has 2 N–H and O–H groups in total. The molecule has 1 aromatic rings. The molecule has 2 nitrogen and oxygen atoms in total. The van der Waals surface area contributed by atoms with Crippen molar-refractivity contribution < 1.29 is 0 Å². The summed E-state index contributed by atoms with van der Waals surface area (Å²) in [6.45, 7) is 0. The first-order chi connectivity index (χ1) is 5.36. The predicted octanol–water partition coefficient (Wildman–Crippen LogP) is 1.74. The molecule has 13 heavy (non-hydrogen) atoms. The fourth-order valence-electron chi connectivity index (χ4n) is 1.59. The predicted molar refractivity (Wildman–Crippen MR) is 58.7 cm³/mol. The standard InChI is InChI=1S/C9H12N2.2ClH/c10-8-3-4-9-7(6-8)2-1-5-11-9;;/h1-2,5,8H,3-4,6,10H2;2*1H. The third-order valence-corrected chi connectivity index (χ3v) is 2.22. The molecule has 0 fully saturated rings. The molecule has 0 saturated carbocycles. The van der Waals surface area contributed by atoms with Gasteiger partial charge < -0.3 is 5.73 Å². The van der Waals surface area contributed by atoms with Crippen LogP contribution >= 0.6 is 24.8 Å². The van der Waals surface area contributed by atoms with Crippen LogP contribution in [0.2, 0.25) is 0 Å². The molecule has 0 amide bonds. The van der Waals surface area contributed by atoms with Gasteiger partial charge in [0.1, 0.15) is 0 Å². The quantitative estimate of drug-likeness (QED) is 0.724. The van der Waals surface area contributed by atoms with E-state index in [4.69, 9.17) is 5.73 Å². The lowest BCUT2D eigenvalue weighted by Gasteiger charge is -2.19. The molecule has 0 bridgehead atoms. The number of hydrogen-bond donors (Lipinski definition) is 1. The highest BCUT2D eigenvalue weighted by molar-refractivity contribution is 5.85. The Balaban J connectivity index is 0.000000720. The average molecular weight is 221 g/mol. The topological polar surface area (TPSA) is 38.9 Å². The SMILES string of the molecule is Cl.Cl.NC1CCc2ncccc2C1. The molecule has 0 spiro atoms. The van der Waals surface area contributed by atoms with Crippen molar-refractivity contribution in [1.29, 1.82) is 0 Å². The van der Waals surface area contributed by atoms with Gasteiger partial charge in [0.25, 0.3) is 0 Å². The Labute approximate surface area is 90.8 Å². The lowest BCUT2D eigenvalue weighted by atomic mass is 9.93. The number of hydrogen-bond acceptors (Lipinski definition) is 2. The zero-order chi connectivity index (χ0) is 7.68. The molecule has 1 heterocycles. The Morgan fingerprint density at radius 3 is 2.92 bits per heavy atom. The molecular weight excluding hydrogens is 207 g/mol. The zero-order valence-corrected chi connectivity index (χ0v) is 8.90. The first kappa shape index (κ1) is 12.7. The van der Waals surface area contributed by atoms with Gasteiger partial charge in [-0.05, 0) is 30.9 Å². The van der Waals surface area contributed by atoms with E-state index in [9.17, 15) is 0 Å². The van der Waals surface area contributed by atoms with Gasteiger partial charge >= 0.3 is 0 Å². The Kier molecular flexibility index (Phi) is 5.30. The number of aromatic nitrogens is 1. The molecule has 2 rings (SSSR count). The summed E-state index contributed by atoms with van der Waals surface area (Å²) in [5.74, 6) is 0. The molecule has 1 unspecified atom stereocenters. The maximum absolute atomic E-state index is 5.82. The highest BCUT2D eigenvalue weighted by atomic mass is 35.5. The first-order valence-corrected chi connectivity index (χ1v) is 4.04. The normalized spacial score (nSPS) is 19.3. The van der Waals surface area contributed by atoms with E-state index in [0.29, 0.717) is 6.04 Å². The number of aryl methyl sites for hydroxylation is 1. The van der Waals surface area contributed by atoms with Gasteiger partial charge in [-0.25, -0.2) is 0 Å². The molecule has 0 aromatic carbocycles. The van der Waals surface area contributed by atoms with E-state index < -0.39 is 0 Å². The van der Waals surface area contributed by atoms with E-state index in [1.165, 1.54) is 11.3 Å². The second kappa shape index (κ2) is 5.43. The summed E-state index contributed by atoms with van der Waals surface area (Å²) in [5.41, 5.74) is 8.41. The Hall–Kier alpha value is -0.310. The van der Waals surface area contributed by atoms with Crippen LogP contribution < -0.4 is 5.73 Å². The van der Waals surface area contributed by atoms with Gasteiger partial charge in [0.2, 0.25) is 0 Å². The Morgan fingerprint density at radius 1 is 1.38 bits per heavy atom. The number of pyridine rings is 1. The summed E-state index contributed by atoms with van der Waals surface area (Å²) in [5, 5.41) is 0. The number of halogens is 2. The van der Waals surface area contributed by atoms with E-state index in [0.717, 1.165) is 19.3 Å². The van der Waals surface area contributed by atoms with Gasteiger partial charge in [-0.3, -0.25) is 4.98 Å². The maximum atomic E-state index is 5.82. The minimum Gasteiger partial charge on any atom is -0.327 e. The summed E-state index contributed by atoms with van der Waals surface area (Å²) in [4.78, 5) is 4.30. The van der Waals surface area contributed by atoms with Gasteiger partial charge in [-0.15, -0.1) is 24.8 Å². The summed E-state index contributed by atoms with van der Waals surface area (Å²) in [6, 6.07) is 4.46. The van der Waals surface area contributed by atoms with Crippen LogP contribution in [0.5, 0.6) is 0 Å². The van der Waals surface area contributed by atoms with Crippen molar-refractivity contribution in [3.8, 4) is 0 Å². The Bertz CT molecular complexity index is 266. The van der Waals surface area contributed by atoms with Crippen molar-refractivity contribution >= 4 is 24.8 Å². The van der Waals surface area contributed by atoms with Crippen LogP contribution in [0.4, 0.5) is 0 Å². The van der Waals surface area contributed by atoms with Crippen molar-refractivity contribution in [3.05, 3.63) is 29.6 Å². The first-order valence-electron chi connectivity index (χ1n) is 4.04. The second-order valence-corrected chi connectivity index (χ2v) is 3.11. The van der Waals surface area contributed by atoms with Crippen molar-refractivity contribution in [3.63, 3.8) is 0 Å². The molecule has 0 saturated heterocycles. The van der Waals surface area contributed by atoms with E-state index in [2.05, 4.69) is 11.1 Å². The third kappa shape index (κ3) is 2.83. The zero-order valence-electron chi connectivity index (χ0n) is 7.27. The minimum atomic E-state index is 0. The average Bonchev–Trinajstić information content (AvgIpc) is 2.04. The summed E-state index contributed by atoms with van der Waals surface area (Å²) in [6.07, 6.45) is 5.00. The van der Waals surface area contributed by atoms with Crippen molar-refractivity contribution in [1.82, 2.24) is 4.98 Å². The monoisotopic (exact) mass is 220 g/mol. The molecular formula is C9H14Cl2N2. The molecule has 0 radical (unpaired) electrons. The van der Waals surface area contributed by atoms with Crippen LogP contribution in [0.15, 0.2) is 18.3 Å². The molecule has 4 heteroatoms. The summed E-state index contributed by atoms with van der Waals surface area (Å²) < 4.78 is 0. The van der Waals surface area contributed by atoms with Crippen LogP contribution in [0.3, 0.4) is 0 Å². The summed E-state index contributed by atoms with van der Waals surface area (Å²) >= 11 is 0. The maximum Gasteiger partial charge on any atom is 0.0436 e. The van der Waals surface area contributed by atoms with E-state index in [1.807, 2.05) is 12.3 Å². The van der Waals surface area contributed by atoms with Crippen LogP contribution in [0.1, 0.15) is 17.7 Å². The van der Waals surface area contributed by atoms with Crippen LogP contribution in [0.25, 0.3) is 0 Å².